The molecule has 0 aromatic heterocycles. The summed E-state index contributed by atoms with van der Waals surface area (Å²) in [4.78, 5) is 12.3. The Bertz CT molecular complexity index is 636. The van der Waals surface area contributed by atoms with Crippen LogP contribution in [-0.2, 0) is 9.31 Å². The van der Waals surface area contributed by atoms with Crippen LogP contribution in [-0.4, -0.2) is 29.4 Å². The molecule has 1 N–H and O–H groups in total. The van der Waals surface area contributed by atoms with E-state index in [0.29, 0.717) is 16.0 Å². The number of carboxylic acid groups (broad SMARTS) is 1. The van der Waals surface area contributed by atoms with E-state index >= 15 is 0 Å². The number of rotatable bonds is 2. The molecule has 2 rings (SSSR count). The van der Waals surface area contributed by atoms with Gasteiger partial charge in [0, 0.05) is 4.90 Å². The number of benzene rings is 1. The Morgan fingerprint density at radius 2 is 1.45 bits per heavy atom. The lowest BCUT2D eigenvalue weighted by Gasteiger charge is -2.32. The Hall–Kier alpha value is -0.975. The molecule has 22 heavy (non-hydrogen) atoms. The zero-order valence-corrected chi connectivity index (χ0v) is 15.1. The quantitative estimate of drug-likeness (QED) is 0.649. The van der Waals surface area contributed by atoms with Crippen LogP contribution in [0.25, 0.3) is 0 Å². The smallest absolute Gasteiger partial charge is 0.478 e. The summed E-state index contributed by atoms with van der Waals surface area (Å²) in [5.41, 5.74) is 2.36. The second-order valence-corrected chi connectivity index (χ2v) is 7.35. The van der Waals surface area contributed by atoms with Gasteiger partial charge in [0.25, 0.3) is 0 Å². The van der Waals surface area contributed by atoms with Crippen molar-refractivity contribution in [1.82, 2.24) is 0 Å². The summed E-state index contributed by atoms with van der Waals surface area (Å²) in [6.07, 6.45) is 0. The second kappa shape index (κ2) is 5.29. The number of hydrogen-bond acceptors (Lipinski definition) is 4. The molecule has 120 valence electrons. The van der Waals surface area contributed by atoms with Gasteiger partial charge >= 0.3 is 13.1 Å². The molecule has 0 bridgehead atoms. The summed E-state index contributed by atoms with van der Waals surface area (Å²) in [6.45, 7) is 13.4. The largest absolute Gasteiger partial charge is 0.495 e. The average molecular weight is 322 g/mol. The normalized spacial score (nSPS) is 19.5. The van der Waals surface area contributed by atoms with E-state index in [9.17, 15) is 9.90 Å². The minimum absolute atomic E-state index is 0.278. The Kier molecular flexibility index (Phi) is 4.18. The van der Waals surface area contributed by atoms with E-state index in [2.05, 4.69) is 12.6 Å². The minimum Gasteiger partial charge on any atom is -0.478 e. The number of aromatic carboxylic acids is 1. The van der Waals surface area contributed by atoms with E-state index < -0.39 is 24.3 Å². The molecule has 1 heterocycles. The Balaban J connectivity index is 2.66. The van der Waals surface area contributed by atoms with Crippen molar-refractivity contribution in [2.75, 3.05) is 0 Å². The van der Waals surface area contributed by atoms with Gasteiger partial charge in [-0.25, -0.2) is 4.79 Å². The highest BCUT2D eigenvalue weighted by atomic mass is 32.1. The maximum Gasteiger partial charge on any atom is 0.495 e. The van der Waals surface area contributed by atoms with Crippen LogP contribution in [0.15, 0.2) is 4.90 Å². The lowest BCUT2D eigenvalue weighted by atomic mass is 9.71. The van der Waals surface area contributed by atoms with Crippen LogP contribution < -0.4 is 5.46 Å². The minimum atomic E-state index is -0.955. The van der Waals surface area contributed by atoms with Gasteiger partial charge < -0.3 is 14.4 Å². The van der Waals surface area contributed by atoms with Crippen molar-refractivity contribution < 1.29 is 19.2 Å². The first-order valence-electron chi connectivity index (χ1n) is 7.32. The lowest BCUT2D eigenvalue weighted by molar-refractivity contribution is 0.00578. The molecule has 1 aliphatic rings. The zero-order chi connectivity index (χ0) is 17.0. The Morgan fingerprint density at radius 1 is 1.00 bits per heavy atom. The van der Waals surface area contributed by atoms with Crippen LogP contribution in [0.3, 0.4) is 0 Å². The van der Waals surface area contributed by atoms with Crippen molar-refractivity contribution >= 4 is 31.2 Å². The zero-order valence-electron chi connectivity index (χ0n) is 14.2. The first kappa shape index (κ1) is 17.4. The van der Waals surface area contributed by atoms with Gasteiger partial charge in [-0.05, 0) is 70.6 Å². The number of carboxylic acids is 1. The molecule has 4 nitrogen and oxygen atoms in total. The molecule has 6 heteroatoms. The maximum atomic E-state index is 11.6. The van der Waals surface area contributed by atoms with Crippen molar-refractivity contribution in [1.29, 1.82) is 0 Å². The number of thiol groups is 1. The van der Waals surface area contributed by atoms with E-state index in [4.69, 9.17) is 9.31 Å². The molecule has 0 spiro atoms. The van der Waals surface area contributed by atoms with Gasteiger partial charge in [-0.15, -0.1) is 12.6 Å². The Morgan fingerprint density at radius 3 is 1.86 bits per heavy atom. The summed E-state index contributed by atoms with van der Waals surface area (Å²) < 4.78 is 12.2. The predicted octanol–water partition coefficient (Wildman–Crippen LogP) is 2.90. The second-order valence-electron chi connectivity index (χ2n) is 6.91. The molecule has 0 saturated carbocycles. The molecule has 0 atom stereocenters. The SMILES string of the molecule is Cc1c(S)c(C)c(C(=O)O)c(C)c1B1OC(C)(C)C(C)(C)O1. The fourth-order valence-electron chi connectivity index (χ4n) is 2.86. The first-order valence-corrected chi connectivity index (χ1v) is 7.77. The first-order chi connectivity index (χ1) is 9.90. The van der Waals surface area contributed by atoms with E-state index in [0.717, 1.165) is 11.0 Å². The number of carbonyl (C=O) groups is 1. The van der Waals surface area contributed by atoms with E-state index in [1.807, 2.05) is 34.6 Å². The van der Waals surface area contributed by atoms with Crippen LogP contribution in [0, 0.1) is 20.8 Å². The summed E-state index contributed by atoms with van der Waals surface area (Å²) >= 11 is 4.50. The fourth-order valence-corrected chi connectivity index (χ4v) is 3.09. The molecule has 1 aromatic rings. The third-order valence-corrected chi connectivity index (χ3v) is 5.64. The van der Waals surface area contributed by atoms with Gasteiger partial charge in [-0.2, -0.15) is 0 Å². The number of hydrogen-bond donors (Lipinski definition) is 2. The third-order valence-electron chi connectivity index (χ3n) is 4.97. The molecular formula is C16H23BO4S. The molecule has 1 aliphatic heterocycles. The van der Waals surface area contributed by atoms with Crippen molar-refractivity contribution in [3.8, 4) is 0 Å². The van der Waals surface area contributed by atoms with E-state index in [1.165, 1.54) is 0 Å². The van der Waals surface area contributed by atoms with Crippen molar-refractivity contribution in [2.24, 2.45) is 0 Å². The molecule has 0 unspecified atom stereocenters. The van der Waals surface area contributed by atoms with Crippen molar-refractivity contribution in [3.63, 3.8) is 0 Å². The molecule has 0 aliphatic carbocycles. The van der Waals surface area contributed by atoms with Crippen molar-refractivity contribution in [3.05, 3.63) is 22.3 Å². The molecule has 0 amide bonds. The monoisotopic (exact) mass is 322 g/mol. The summed E-state index contributed by atoms with van der Waals surface area (Å²) in [5.74, 6) is -0.955. The molecular weight excluding hydrogens is 299 g/mol. The maximum absolute atomic E-state index is 11.6. The van der Waals surface area contributed by atoms with Gasteiger partial charge in [-0.1, -0.05) is 0 Å². The van der Waals surface area contributed by atoms with Gasteiger partial charge in [0.1, 0.15) is 0 Å². The van der Waals surface area contributed by atoms with Crippen LogP contribution in [0.5, 0.6) is 0 Å². The third kappa shape index (κ3) is 2.47. The molecule has 0 radical (unpaired) electrons. The van der Waals surface area contributed by atoms with Gasteiger partial charge in [0.15, 0.2) is 0 Å². The van der Waals surface area contributed by atoms with Gasteiger partial charge in [-0.3, -0.25) is 0 Å². The predicted molar refractivity (Wildman–Crippen MR) is 90.6 cm³/mol. The van der Waals surface area contributed by atoms with Gasteiger partial charge in [0.05, 0.1) is 16.8 Å². The molecule has 1 aromatic carbocycles. The van der Waals surface area contributed by atoms with Crippen LogP contribution in [0.1, 0.15) is 54.7 Å². The lowest BCUT2D eigenvalue weighted by Crippen LogP contribution is -2.41. The summed E-state index contributed by atoms with van der Waals surface area (Å²) in [6, 6.07) is 0. The average Bonchev–Trinajstić information content (AvgIpc) is 2.55. The highest BCUT2D eigenvalue weighted by Gasteiger charge is 2.52. The van der Waals surface area contributed by atoms with Crippen LogP contribution >= 0.6 is 12.6 Å². The highest BCUT2D eigenvalue weighted by Crippen LogP contribution is 2.38. The van der Waals surface area contributed by atoms with Crippen LogP contribution in [0.2, 0.25) is 0 Å². The molecule has 1 fully saturated rings. The summed E-state index contributed by atoms with van der Waals surface area (Å²) in [5, 5.41) is 9.52. The highest BCUT2D eigenvalue weighted by molar-refractivity contribution is 7.80. The molecule has 1 saturated heterocycles. The van der Waals surface area contributed by atoms with Crippen LogP contribution in [0.4, 0.5) is 0 Å². The van der Waals surface area contributed by atoms with E-state index in [-0.39, 0.29) is 5.56 Å². The van der Waals surface area contributed by atoms with Crippen molar-refractivity contribution in [2.45, 2.75) is 64.6 Å². The van der Waals surface area contributed by atoms with Gasteiger partial charge in [0.2, 0.25) is 0 Å². The summed E-state index contributed by atoms with van der Waals surface area (Å²) in [7, 11) is -0.588. The fraction of sp³-hybridized carbons (Fsp3) is 0.562. The topological polar surface area (TPSA) is 55.8 Å². The van der Waals surface area contributed by atoms with E-state index in [1.54, 1.807) is 13.8 Å². The standard InChI is InChI=1S/C16H23BO4S/c1-8-11(14(18)19)9(2)13(22)10(3)12(8)17-20-15(4,5)16(6,7)21-17/h22H,1-7H3,(H,18,19). The Labute approximate surface area is 137 Å².